The first-order chi connectivity index (χ1) is 12.7. The number of ether oxygens (including phenoxy) is 2. The lowest BCUT2D eigenvalue weighted by Crippen LogP contribution is -2.22. The topological polar surface area (TPSA) is 44.5 Å². The minimum atomic E-state index is 0.206. The Morgan fingerprint density at radius 3 is 2.46 bits per heavy atom. The third kappa shape index (κ3) is 7.09. The highest BCUT2D eigenvalue weighted by molar-refractivity contribution is 5.43. The van der Waals surface area contributed by atoms with Crippen LogP contribution in [0.2, 0.25) is 0 Å². The van der Waals surface area contributed by atoms with Crippen LogP contribution in [0.4, 0.5) is 0 Å². The Hall–Kier alpha value is -2.00. The van der Waals surface area contributed by atoms with Crippen molar-refractivity contribution in [2.24, 2.45) is 5.73 Å². The molecule has 0 amide bonds. The Morgan fingerprint density at radius 1 is 0.923 bits per heavy atom. The maximum absolute atomic E-state index is 6.31. The van der Waals surface area contributed by atoms with E-state index in [1.165, 1.54) is 36.8 Å². The molecule has 142 valence electrons. The Labute approximate surface area is 158 Å². The van der Waals surface area contributed by atoms with Crippen molar-refractivity contribution in [1.82, 2.24) is 0 Å². The van der Waals surface area contributed by atoms with E-state index in [-0.39, 0.29) is 6.04 Å². The van der Waals surface area contributed by atoms with Gasteiger partial charge in [0.05, 0.1) is 13.7 Å². The molecule has 0 spiro atoms. The number of unbranched alkanes of at least 4 members (excludes halogenated alkanes) is 3. The van der Waals surface area contributed by atoms with E-state index in [0.717, 1.165) is 30.8 Å². The average molecular weight is 356 g/mol. The number of benzene rings is 2. The highest BCUT2D eigenvalue weighted by Crippen LogP contribution is 2.29. The third-order valence-electron chi connectivity index (χ3n) is 4.65. The van der Waals surface area contributed by atoms with Gasteiger partial charge in [-0.2, -0.15) is 0 Å². The first-order valence-corrected chi connectivity index (χ1v) is 9.82. The van der Waals surface area contributed by atoms with E-state index in [1.807, 2.05) is 12.1 Å². The fourth-order valence-electron chi connectivity index (χ4n) is 3.12. The van der Waals surface area contributed by atoms with Crippen molar-refractivity contribution in [2.75, 3.05) is 13.7 Å². The molecule has 0 heterocycles. The number of methoxy groups -OCH3 is 1. The molecule has 2 rings (SSSR count). The molecule has 2 aromatic rings. The third-order valence-corrected chi connectivity index (χ3v) is 4.65. The SMILES string of the molecule is CCCCCC[C@@H](N)Cc1ccc(OC)c(OCCc2ccccc2)c1. The molecule has 0 saturated heterocycles. The highest BCUT2D eigenvalue weighted by Gasteiger charge is 2.09. The molecule has 3 nitrogen and oxygen atoms in total. The van der Waals surface area contributed by atoms with Crippen molar-refractivity contribution < 1.29 is 9.47 Å². The van der Waals surface area contributed by atoms with E-state index in [2.05, 4.69) is 43.3 Å². The molecule has 0 aliphatic heterocycles. The summed E-state index contributed by atoms with van der Waals surface area (Å²) in [7, 11) is 1.68. The van der Waals surface area contributed by atoms with Crippen LogP contribution in [0.25, 0.3) is 0 Å². The number of rotatable bonds is 12. The van der Waals surface area contributed by atoms with Crippen molar-refractivity contribution in [3.63, 3.8) is 0 Å². The quantitative estimate of drug-likeness (QED) is 0.535. The monoisotopic (exact) mass is 355 g/mol. The van der Waals surface area contributed by atoms with Gasteiger partial charge in [-0.05, 0) is 36.1 Å². The molecule has 0 unspecified atom stereocenters. The van der Waals surface area contributed by atoms with E-state index in [0.29, 0.717) is 6.61 Å². The number of nitrogens with two attached hydrogens (primary N) is 1. The summed E-state index contributed by atoms with van der Waals surface area (Å²) in [5.74, 6) is 1.58. The van der Waals surface area contributed by atoms with Crippen LogP contribution in [-0.2, 0) is 12.8 Å². The van der Waals surface area contributed by atoms with Crippen LogP contribution in [0.3, 0.4) is 0 Å². The van der Waals surface area contributed by atoms with Gasteiger partial charge in [0, 0.05) is 12.5 Å². The molecular weight excluding hydrogens is 322 g/mol. The van der Waals surface area contributed by atoms with Crippen molar-refractivity contribution in [3.05, 3.63) is 59.7 Å². The Balaban J connectivity index is 1.88. The largest absolute Gasteiger partial charge is 0.493 e. The Bertz CT molecular complexity index is 627. The maximum atomic E-state index is 6.31. The molecule has 0 bridgehead atoms. The summed E-state index contributed by atoms with van der Waals surface area (Å²) in [5.41, 5.74) is 8.80. The molecule has 0 radical (unpaired) electrons. The van der Waals surface area contributed by atoms with Gasteiger partial charge in [0.1, 0.15) is 0 Å². The maximum Gasteiger partial charge on any atom is 0.161 e. The van der Waals surface area contributed by atoms with Crippen molar-refractivity contribution >= 4 is 0 Å². The van der Waals surface area contributed by atoms with Crippen LogP contribution < -0.4 is 15.2 Å². The van der Waals surface area contributed by atoms with E-state index in [4.69, 9.17) is 15.2 Å². The highest BCUT2D eigenvalue weighted by atomic mass is 16.5. The molecule has 0 aliphatic rings. The van der Waals surface area contributed by atoms with Crippen molar-refractivity contribution in [2.45, 2.75) is 57.9 Å². The van der Waals surface area contributed by atoms with Crippen LogP contribution in [-0.4, -0.2) is 19.8 Å². The van der Waals surface area contributed by atoms with E-state index < -0.39 is 0 Å². The van der Waals surface area contributed by atoms with Gasteiger partial charge in [0.2, 0.25) is 0 Å². The van der Waals surface area contributed by atoms with Gasteiger partial charge in [-0.25, -0.2) is 0 Å². The van der Waals surface area contributed by atoms with Crippen molar-refractivity contribution in [3.8, 4) is 11.5 Å². The van der Waals surface area contributed by atoms with E-state index in [9.17, 15) is 0 Å². The molecule has 0 aromatic heterocycles. The summed E-state index contributed by atoms with van der Waals surface area (Å²) >= 11 is 0. The zero-order valence-corrected chi connectivity index (χ0v) is 16.2. The second-order valence-corrected chi connectivity index (χ2v) is 6.88. The van der Waals surface area contributed by atoms with Gasteiger partial charge < -0.3 is 15.2 Å². The molecule has 26 heavy (non-hydrogen) atoms. The zero-order valence-electron chi connectivity index (χ0n) is 16.2. The minimum Gasteiger partial charge on any atom is -0.493 e. The van der Waals surface area contributed by atoms with E-state index >= 15 is 0 Å². The first kappa shape index (κ1) is 20.3. The smallest absolute Gasteiger partial charge is 0.161 e. The summed E-state index contributed by atoms with van der Waals surface area (Å²) in [4.78, 5) is 0. The predicted molar refractivity (Wildman–Crippen MR) is 109 cm³/mol. The first-order valence-electron chi connectivity index (χ1n) is 9.82. The van der Waals surface area contributed by atoms with Gasteiger partial charge in [0.25, 0.3) is 0 Å². The standard InChI is InChI=1S/C23H33NO2/c1-3-4-5-9-12-21(24)17-20-13-14-22(25-2)23(18-20)26-16-15-19-10-7-6-8-11-19/h6-8,10-11,13-14,18,21H,3-5,9,12,15-17,24H2,1-2H3/t21-/m1/s1. The zero-order chi connectivity index (χ0) is 18.6. The molecule has 0 aliphatic carbocycles. The Morgan fingerprint density at radius 2 is 1.73 bits per heavy atom. The Kier molecular flexibility index (Phi) is 9.05. The van der Waals surface area contributed by atoms with Crippen molar-refractivity contribution in [1.29, 1.82) is 0 Å². The summed E-state index contributed by atoms with van der Waals surface area (Å²) < 4.78 is 11.4. The summed E-state index contributed by atoms with van der Waals surface area (Å²) in [6.45, 7) is 2.86. The summed E-state index contributed by atoms with van der Waals surface area (Å²) in [6, 6.07) is 16.7. The summed E-state index contributed by atoms with van der Waals surface area (Å²) in [5, 5.41) is 0. The molecule has 0 saturated carbocycles. The van der Waals surface area contributed by atoms with Crippen LogP contribution in [0, 0.1) is 0 Å². The normalized spacial score (nSPS) is 12.0. The van der Waals surface area contributed by atoms with Crippen LogP contribution in [0.5, 0.6) is 11.5 Å². The molecule has 2 aromatic carbocycles. The lowest BCUT2D eigenvalue weighted by atomic mass is 10.0. The minimum absolute atomic E-state index is 0.206. The predicted octanol–water partition coefficient (Wildman–Crippen LogP) is 5.16. The summed E-state index contributed by atoms with van der Waals surface area (Å²) in [6.07, 6.45) is 7.89. The fourth-order valence-corrected chi connectivity index (χ4v) is 3.12. The number of hydrogen-bond donors (Lipinski definition) is 1. The molecular formula is C23H33NO2. The van der Waals surface area contributed by atoms with Crippen LogP contribution >= 0.6 is 0 Å². The van der Waals surface area contributed by atoms with Crippen LogP contribution in [0.1, 0.15) is 50.2 Å². The second kappa shape index (κ2) is 11.6. The number of hydrogen-bond acceptors (Lipinski definition) is 3. The van der Waals surface area contributed by atoms with Gasteiger partial charge in [-0.3, -0.25) is 0 Å². The van der Waals surface area contributed by atoms with Gasteiger partial charge >= 0.3 is 0 Å². The second-order valence-electron chi connectivity index (χ2n) is 6.88. The van der Waals surface area contributed by atoms with Crippen LogP contribution in [0.15, 0.2) is 48.5 Å². The van der Waals surface area contributed by atoms with Gasteiger partial charge in [-0.1, -0.05) is 69.0 Å². The molecule has 1 atom stereocenters. The molecule has 3 heteroatoms. The average Bonchev–Trinajstić information content (AvgIpc) is 2.66. The lowest BCUT2D eigenvalue weighted by molar-refractivity contribution is 0.297. The van der Waals surface area contributed by atoms with Gasteiger partial charge in [-0.15, -0.1) is 0 Å². The van der Waals surface area contributed by atoms with E-state index in [1.54, 1.807) is 7.11 Å². The lowest BCUT2D eigenvalue weighted by Gasteiger charge is -2.15. The van der Waals surface area contributed by atoms with Gasteiger partial charge in [0.15, 0.2) is 11.5 Å². The molecule has 0 fully saturated rings. The molecule has 2 N–H and O–H groups in total. The fraction of sp³-hybridized carbons (Fsp3) is 0.478.